The number of halogens is 1. The first-order chi connectivity index (χ1) is 9.16. The molecule has 1 heterocycles. The summed E-state index contributed by atoms with van der Waals surface area (Å²) in [5, 5.41) is 0. The largest absolute Gasteiger partial charge is 0.274 e. The summed E-state index contributed by atoms with van der Waals surface area (Å²) < 4.78 is 0.942. The van der Waals surface area contributed by atoms with Gasteiger partial charge in [-0.15, -0.1) is 0 Å². The summed E-state index contributed by atoms with van der Waals surface area (Å²) in [6, 6.07) is 7.35. The van der Waals surface area contributed by atoms with Crippen LogP contribution in [-0.2, 0) is 9.59 Å². The molecule has 4 heteroatoms. The molecule has 2 aliphatic carbocycles. The van der Waals surface area contributed by atoms with E-state index >= 15 is 0 Å². The molecule has 3 nitrogen and oxygen atoms in total. The summed E-state index contributed by atoms with van der Waals surface area (Å²) in [6.07, 6.45) is 5.20. The minimum absolute atomic E-state index is 0.0193. The lowest BCUT2D eigenvalue weighted by atomic mass is 9.85. The van der Waals surface area contributed by atoms with Crippen LogP contribution >= 0.6 is 15.9 Å². The molecule has 1 aromatic rings. The van der Waals surface area contributed by atoms with Crippen molar-refractivity contribution in [3.05, 3.63) is 40.9 Å². The van der Waals surface area contributed by atoms with E-state index in [1.807, 2.05) is 24.3 Å². The van der Waals surface area contributed by atoms with Gasteiger partial charge in [-0.1, -0.05) is 28.1 Å². The van der Waals surface area contributed by atoms with Gasteiger partial charge in [0.1, 0.15) is 0 Å². The number of nitrogens with zero attached hydrogens (tertiary/aromatic N) is 1. The molecule has 96 valence electrons. The predicted octanol–water partition coefficient (Wildman–Crippen LogP) is 2.76. The molecule has 1 aliphatic heterocycles. The maximum absolute atomic E-state index is 12.5. The van der Waals surface area contributed by atoms with E-state index in [1.54, 1.807) is 0 Å². The SMILES string of the molecule is O=C1[C@@H]2[C@H](C(=O)N1c1ccc(Br)cc1)[C@@H]1C=C[C@H]2C1. The standard InChI is InChI=1S/C15H12BrNO2/c16-10-3-5-11(6-4-10)17-14(18)12-8-1-2-9(7-8)13(12)15(17)19/h1-6,8-9,12-13H,7H2/t8-,9+,12-,13+. The first-order valence-corrected chi connectivity index (χ1v) is 7.28. The Kier molecular flexibility index (Phi) is 2.28. The van der Waals surface area contributed by atoms with Gasteiger partial charge in [-0.2, -0.15) is 0 Å². The van der Waals surface area contributed by atoms with Crippen molar-refractivity contribution >= 4 is 33.4 Å². The number of hydrogen-bond acceptors (Lipinski definition) is 2. The van der Waals surface area contributed by atoms with Crippen molar-refractivity contribution in [1.29, 1.82) is 0 Å². The van der Waals surface area contributed by atoms with Crippen molar-refractivity contribution < 1.29 is 9.59 Å². The Labute approximate surface area is 119 Å². The van der Waals surface area contributed by atoms with Crippen molar-refractivity contribution in [1.82, 2.24) is 0 Å². The molecule has 0 N–H and O–H groups in total. The van der Waals surface area contributed by atoms with Gasteiger partial charge in [0.25, 0.3) is 0 Å². The summed E-state index contributed by atoms with van der Waals surface area (Å²) in [6.45, 7) is 0. The number of benzene rings is 1. The number of fused-ring (bicyclic) bond motifs is 5. The summed E-state index contributed by atoms with van der Waals surface area (Å²) in [5.74, 6) is 0.263. The lowest BCUT2D eigenvalue weighted by Gasteiger charge is -2.17. The van der Waals surface area contributed by atoms with Gasteiger partial charge in [-0.05, 0) is 42.5 Å². The fourth-order valence-corrected chi connectivity index (χ4v) is 4.01. The number of imide groups is 1. The molecule has 19 heavy (non-hydrogen) atoms. The number of carbonyl (C=O) groups is 2. The van der Waals surface area contributed by atoms with Gasteiger partial charge >= 0.3 is 0 Å². The van der Waals surface area contributed by atoms with Crippen molar-refractivity contribution in [3.63, 3.8) is 0 Å². The van der Waals surface area contributed by atoms with Crippen LogP contribution in [0.3, 0.4) is 0 Å². The number of amides is 2. The minimum atomic E-state index is -0.119. The normalized spacial score (nSPS) is 35.3. The molecule has 1 aromatic carbocycles. The maximum atomic E-state index is 12.5. The molecular formula is C15H12BrNO2. The minimum Gasteiger partial charge on any atom is -0.274 e. The zero-order valence-electron chi connectivity index (χ0n) is 10.1. The zero-order chi connectivity index (χ0) is 13.1. The first kappa shape index (κ1) is 11.4. The van der Waals surface area contributed by atoms with Crippen molar-refractivity contribution in [2.45, 2.75) is 6.42 Å². The molecule has 0 spiro atoms. The topological polar surface area (TPSA) is 37.4 Å². The highest BCUT2D eigenvalue weighted by molar-refractivity contribution is 9.10. The lowest BCUT2D eigenvalue weighted by Crippen LogP contribution is -2.32. The molecule has 0 radical (unpaired) electrons. The van der Waals surface area contributed by atoms with Crippen LogP contribution in [0.2, 0.25) is 0 Å². The second-order valence-corrected chi connectivity index (χ2v) is 6.40. The van der Waals surface area contributed by atoms with Crippen molar-refractivity contribution in [3.8, 4) is 0 Å². The average Bonchev–Trinajstić information content (AvgIpc) is 3.06. The fraction of sp³-hybridized carbons (Fsp3) is 0.333. The summed E-state index contributed by atoms with van der Waals surface area (Å²) in [4.78, 5) is 26.4. The average molecular weight is 318 g/mol. The second kappa shape index (κ2) is 3.79. The maximum Gasteiger partial charge on any atom is 0.238 e. The van der Waals surface area contributed by atoms with Gasteiger partial charge < -0.3 is 0 Å². The second-order valence-electron chi connectivity index (χ2n) is 5.49. The van der Waals surface area contributed by atoms with Crippen LogP contribution < -0.4 is 4.90 Å². The first-order valence-electron chi connectivity index (χ1n) is 6.48. The third-order valence-electron chi connectivity index (χ3n) is 4.56. The van der Waals surface area contributed by atoms with E-state index in [1.165, 1.54) is 4.90 Å². The third-order valence-corrected chi connectivity index (χ3v) is 5.08. The zero-order valence-corrected chi connectivity index (χ0v) is 11.7. The van der Waals surface area contributed by atoms with Gasteiger partial charge in [0.15, 0.2) is 0 Å². The van der Waals surface area contributed by atoms with E-state index in [0.29, 0.717) is 5.69 Å². The van der Waals surface area contributed by atoms with Crippen LogP contribution in [0.5, 0.6) is 0 Å². The lowest BCUT2D eigenvalue weighted by molar-refractivity contribution is -0.123. The monoisotopic (exact) mass is 317 g/mol. The number of hydrogen-bond donors (Lipinski definition) is 0. The molecular weight excluding hydrogens is 306 g/mol. The van der Waals surface area contributed by atoms with E-state index in [4.69, 9.17) is 0 Å². The van der Waals surface area contributed by atoms with E-state index in [-0.39, 0.29) is 35.5 Å². The van der Waals surface area contributed by atoms with Gasteiger partial charge in [0.2, 0.25) is 11.8 Å². The molecule has 2 fully saturated rings. The van der Waals surface area contributed by atoms with Gasteiger partial charge in [0, 0.05) is 4.47 Å². The summed E-state index contributed by atoms with van der Waals surface area (Å²) in [7, 11) is 0. The molecule has 1 saturated heterocycles. The van der Waals surface area contributed by atoms with Crippen molar-refractivity contribution in [2.24, 2.45) is 23.7 Å². The molecule has 0 aromatic heterocycles. The molecule has 4 rings (SSSR count). The van der Waals surface area contributed by atoms with Gasteiger partial charge in [-0.25, -0.2) is 0 Å². The van der Waals surface area contributed by atoms with Gasteiger partial charge in [0.05, 0.1) is 17.5 Å². The molecule has 2 amide bonds. The molecule has 0 unspecified atom stereocenters. The Bertz CT molecular complexity index is 577. The van der Waals surface area contributed by atoms with Crippen LogP contribution in [0.4, 0.5) is 5.69 Å². The molecule has 2 bridgehead atoms. The Balaban J connectivity index is 1.74. The highest BCUT2D eigenvalue weighted by Crippen LogP contribution is 2.53. The van der Waals surface area contributed by atoms with E-state index < -0.39 is 0 Å². The summed E-state index contributed by atoms with van der Waals surface area (Å²) in [5.41, 5.74) is 0.687. The van der Waals surface area contributed by atoms with Crippen LogP contribution in [-0.4, -0.2) is 11.8 Å². The Morgan fingerprint density at radius 1 is 0.947 bits per heavy atom. The van der Waals surface area contributed by atoms with E-state index in [2.05, 4.69) is 28.1 Å². The van der Waals surface area contributed by atoms with Crippen LogP contribution in [0.25, 0.3) is 0 Å². The highest BCUT2D eigenvalue weighted by Gasteiger charge is 2.59. The van der Waals surface area contributed by atoms with Crippen LogP contribution in [0, 0.1) is 23.7 Å². The molecule has 3 aliphatic rings. The number of anilines is 1. The Morgan fingerprint density at radius 2 is 1.47 bits per heavy atom. The van der Waals surface area contributed by atoms with E-state index in [9.17, 15) is 9.59 Å². The summed E-state index contributed by atoms with van der Waals surface area (Å²) >= 11 is 3.36. The number of rotatable bonds is 1. The van der Waals surface area contributed by atoms with E-state index in [0.717, 1.165) is 10.9 Å². The molecule has 4 atom stereocenters. The highest BCUT2D eigenvalue weighted by atomic mass is 79.9. The number of carbonyl (C=O) groups excluding carboxylic acids is 2. The predicted molar refractivity (Wildman–Crippen MR) is 74.4 cm³/mol. The van der Waals surface area contributed by atoms with Crippen LogP contribution in [0.1, 0.15) is 6.42 Å². The number of allylic oxidation sites excluding steroid dienone is 2. The van der Waals surface area contributed by atoms with Crippen LogP contribution in [0.15, 0.2) is 40.9 Å². The quantitative estimate of drug-likeness (QED) is 0.590. The van der Waals surface area contributed by atoms with Crippen molar-refractivity contribution in [2.75, 3.05) is 4.90 Å². The fourth-order valence-electron chi connectivity index (χ4n) is 3.75. The Hall–Kier alpha value is -1.42. The molecule has 1 saturated carbocycles. The smallest absolute Gasteiger partial charge is 0.238 e. The third kappa shape index (κ3) is 1.43. The van der Waals surface area contributed by atoms with Gasteiger partial charge in [-0.3, -0.25) is 14.5 Å². The Morgan fingerprint density at radius 3 is 2.00 bits per heavy atom.